The minimum absolute atomic E-state index is 0.0132. The highest BCUT2D eigenvalue weighted by atomic mass is 16.5. The first-order chi connectivity index (χ1) is 20.4. The van der Waals surface area contributed by atoms with E-state index in [0.29, 0.717) is 11.6 Å². The van der Waals surface area contributed by atoms with Gasteiger partial charge in [-0.05, 0) is 81.6 Å². The number of benzene rings is 2. The molecule has 0 aliphatic heterocycles. The number of nitrogens with zero attached hydrogens (tertiary/aromatic N) is 6. The van der Waals surface area contributed by atoms with Crippen molar-refractivity contribution in [2.75, 3.05) is 20.6 Å². The Bertz CT molecular complexity index is 1540. The van der Waals surface area contributed by atoms with Crippen LogP contribution < -0.4 is 4.74 Å². The fraction of sp³-hybridized carbons (Fsp3) is 0.455. The maximum atomic E-state index is 12.2. The molecule has 1 N–H and O–H groups in total. The number of ether oxygens (including phenoxy) is 1. The number of hydrogen-bond acceptors (Lipinski definition) is 6. The first-order valence-electron chi connectivity index (χ1n) is 15.1. The van der Waals surface area contributed by atoms with Crippen molar-refractivity contribution in [1.82, 2.24) is 29.7 Å². The highest BCUT2D eigenvalue weighted by molar-refractivity contribution is 5.89. The molecule has 2 saturated carbocycles. The molecule has 4 aromatic rings. The Labute approximate surface area is 247 Å². The molecule has 220 valence electrons. The van der Waals surface area contributed by atoms with Gasteiger partial charge in [0.15, 0.2) is 0 Å². The Balaban J connectivity index is 1.23. The molecular formula is C33H40N6O3. The van der Waals surface area contributed by atoms with Crippen LogP contribution in [0.25, 0.3) is 16.8 Å². The molecule has 2 aromatic heterocycles. The van der Waals surface area contributed by atoms with Crippen molar-refractivity contribution in [3.05, 3.63) is 77.9 Å². The van der Waals surface area contributed by atoms with E-state index in [2.05, 4.69) is 51.5 Å². The van der Waals surface area contributed by atoms with Gasteiger partial charge in [-0.15, -0.1) is 5.10 Å². The van der Waals surface area contributed by atoms with Crippen LogP contribution in [0.4, 0.5) is 0 Å². The van der Waals surface area contributed by atoms with E-state index in [-0.39, 0.29) is 23.5 Å². The van der Waals surface area contributed by atoms with Gasteiger partial charge in [-0.2, -0.15) is 5.10 Å². The van der Waals surface area contributed by atoms with E-state index in [9.17, 15) is 9.90 Å². The molecule has 2 aliphatic rings. The van der Waals surface area contributed by atoms with Gasteiger partial charge in [-0.1, -0.05) is 48.7 Å². The molecule has 2 aromatic carbocycles. The lowest BCUT2D eigenvalue weighted by atomic mass is 9.86. The van der Waals surface area contributed by atoms with Gasteiger partial charge in [0.05, 0.1) is 35.9 Å². The maximum Gasteiger partial charge on any atom is 0.339 e. The van der Waals surface area contributed by atoms with Crippen molar-refractivity contribution < 1.29 is 14.6 Å². The quantitative estimate of drug-likeness (QED) is 0.237. The zero-order chi connectivity index (χ0) is 29.2. The molecule has 9 heteroatoms. The third-order valence-electron chi connectivity index (χ3n) is 8.78. The van der Waals surface area contributed by atoms with E-state index in [4.69, 9.17) is 4.74 Å². The second-order valence-corrected chi connectivity index (χ2v) is 12.1. The van der Waals surface area contributed by atoms with Crippen LogP contribution in [0.3, 0.4) is 0 Å². The Kier molecular flexibility index (Phi) is 8.11. The first kappa shape index (κ1) is 28.2. The number of rotatable bonds is 11. The summed E-state index contributed by atoms with van der Waals surface area (Å²) in [6.45, 7) is 3.82. The Morgan fingerprint density at radius 2 is 1.83 bits per heavy atom. The van der Waals surface area contributed by atoms with Crippen LogP contribution in [0.2, 0.25) is 0 Å². The molecule has 0 radical (unpaired) electrons. The molecule has 6 rings (SSSR count). The van der Waals surface area contributed by atoms with Gasteiger partial charge in [-0.25, -0.2) is 9.48 Å². The van der Waals surface area contributed by atoms with Crippen molar-refractivity contribution in [2.24, 2.45) is 5.92 Å². The Hall–Kier alpha value is -3.98. The summed E-state index contributed by atoms with van der Waals surface area (Å²) < 4.78 is 10.1. The molecule has 42 heavy (non-hydrogen) atoms. The van der Waals surface area contributed by atoms with Crippen molar-refractivity contribution in [3.8, 4) is 22.6 Å². The molecule has 2 fully saturated rings. The van der Waals surface area contributed by atoms with E-state index in [1.807, 2.05) is 49.2 Å². The van der Waals surface area contributed by atoms with Crippen LogP contribution in [0.15, 0.2) is 60.9 Å². The summed E-state index contributed by atoms with van der Waals surface area (Å²) in [5.41, 5.74) is 4.76. The van der Waals surface area contributed by atoms with Crippen molar-refractivity contribution in [1.29, 1.82) is 0 Å². The normalized spacial score (nSPS) is 19.6. The Morgan fingerprint density at radius 1 is 1.07 bits per heavy atom. The monoisotopic (exact) mass is 568 g/mol. The van der Waals surface area contributed by atoms with E-state index in [0.717, 1.165) is 47.8 Å². The van der Waals surface area contributed by atoms with E-state index in [1.54, 1.807) is 4.68 Å². The zero-order valence-electron chi connectivity index (χ0n) is 24.7. The van der Waals surface area contributed by atoms with Gasteiger partial charge in [0, 0.05) is 24.6 Å². The topological polar surface area (TPSA) is 98.3 Å². The number of aromatic carboxylic acids is 1. The SMILES string of the molecule is C[C@H](Oc1cccc(-c2cccc(-n3ncc(C(=O)O)c3C3CC3c3cn(CCN(C)C)nn3)c2)c1)C1CCCCC1. The van der Waals surface area contributed by atoms with Crippen molar-refractivity contribution in [2.45, 2.75) is 69.9 Å². The lowest BCUT2D eigenvalue weighted by molar-refractivity contribution is 0.0695. The third-order valence-corrected chi connectivity index (χ3v) is 8.78. The predicted molar refractivity (Wildman–Crippen MR) is 161 cm³/mol. The summed E-state index contributed by atoms with van der Waals surface area (Å²) in [6.07, 6.45) is 10.9. The average molecular weight is 569 g/mol. The van der Waals surface area contributed by atoms with Crippen LogP contribution in [-0.2, 0) is 6.54 Å². The van der Waals surface area contributed by atoms with Gasteiger partial charge in [0.2, 0.25) is 0 Å². The summed E-state index contributed by atoms with van der Waals surface area (Å²) in [5.74, 6) is 0.656. The van der Waals surface area contributed by atoms with Crippen LogP contribution >= 0.6 is 0 Å². The standard InChI is InChI=1S/C33H40N6O3/c1-22(23-9-5-4-6-10-23)42-27-14-8-12-25(18-27)24-11-7-13-26(17-24)39-32(30(20-34-39)33(40)41)29-19-28(29)31-21-38(36-35-31)16-15-37(2)3/h7-8,11-14,17-18,20-23,28-29H,4-6,9-10,15-16,19H2,1-3H3,(H,40,41)/t22-,28?,29?/m0/s1. The maximum absolute atomic E-state index is 12.2. The number of carboxylic acids is 1. The molecule has 0 amide bonds. The number of carboxylic acid groups (broad SMARTS) is 1. The fourth-order valence-electron chi connectivity index (χ4n) is 6.28. The number of carbonyl (C=O) groups is 1. The third kappa shape index (κ3) is 6.11. The number of likely N-dealkylation sites (N-methyl/N-ethyl adjacent to an activating group) is 1. The lowest BCUT2D eigenvalue weighted by Gasteiger charge is -2.28. The first-order valence-corrected chi connectivity index (χ1v) is 15.1. The molecule has 0 saturated heterocycles. The van der Waals surface area contributed by atoms with E-state index >= 15 is 0 Å². The summed E-state index contributed by atoms with van der Waals surface area (Å²) in [7, 11) is 4.06. The molecule has 2 aliphatic carbocycles. The Morgan fingerprint density at radius 3 is 2.60 bits per heavy atom. The predicted octanol–water partition coefficient (Wildman–Crippen LogP) is 6.01. The van der Waals surface area contributed by atoms with Gasteiger partial charge < -0.3 is 14.7 Å². The van der Waals surface area contributed by atoms with Crippen LogP contribution in [0, 0.1) is 5.92 Å². The van der Waals surface area contributed by atoms with E-state index in [1.165, 1.54) is 38.3 Å². The highest BCUT2D eigenvalue weighted by Gasteiger charge is 2.46. The second-order valence-electron chi connectivity index (χ2n) is 12.1. The number of hydrogen-bond donors (Lipinski definition) is 1. The molecule has 2 unspecified atom stereocenters. The van der Waals surface area contributed by atoms with Crippen molar-refractivity contribution in [3.63, 3.8) is 0 Å². The minimum Gasteiger partial charge on any atom is -0.490 e. The summed E-state index contributed by atoms with van der Waals surface area (Å²) in [6, 6.07) is 16.4. The second kappa shape index (κ2) is 12.1. The largest absolute Gasteiger partial charge is 0.490 e. The van der Waals surface area contributed by atoms with Crippen LogP contribution in [-0.4, -0.2) is 67.5 Å². The van der Waals surface area contributed by atoms with Crippen LogP contribution in [0.1, 0.15) is 79.0 Å². The van der Waals surface area contributed by atoms with Gasteiger partial charge >= 0.3 is 5.97 Å². The van der Waals surface area contributed by atoms with Gasteiger partial charge in [-0.3, -0.25) is 4.68 Å². The van der Waals surface area contributed by atoms with E-state index < -0.39 is 5.97 Å². The average Bonchev–Trinajstić information content (AvgIpc) is 3.42. The highest BCUT2D eigenvalue weighted by Crippen LogP contribution is 2.55. The fourth-order valence-corrected chi connectivity index (χ4v) is 6.28. The minimum atomic E-state index is -0.968. The molecular weight excluding hydrogens is 528 g/mol. The zero-order valence-corrected chi connectivity index (χ0v) is 24.7. The molecule has 3 atom stereocenters. The smallest absolute Gasteiger partial charge is 0.339 e. The molecule has 0 spiro atoms. The van der Waals surface area contributed by atoms with Gasteiger partial charge in [0.25, 0.3) is 0 Å². The summed E-state index contributed by atoms with van der Waals surface area (Å²) >= 11 is 0. The molecule has 0 bridgehead atoms. The number of aromatic nitrogens is 5. The summed E-state index contributed by atoms with van der Waals surface area (Å²) in [4.78, 5) is 14.3. The molecule has 9 nitrogen and oxygen atoms in total. The van der Waals surface area contributed by atoms with Crippen LogP contribution in [0.5, 0.6) is 5.75 Å². The summed E-state index contributed by atoms with van der Waals surface area (Å²) in [5, 5.41) is 23.3. The lowest BCUT2D eigenvalue weighted by Crippen LogP contribution is -2.25. The van der Waals surface area contributed by atoms with Gasteiger partial charge in [0.1, 0.15) is 11.3 Å². The molecule has 2 heterocycles. The van der Waals surface area contributed by atoms with Crippen molar-refractivity contribution >= 4 is 5.97 Å².